The van der Waals surface area contributed by atoms with Crippen molar-refractivity contribution in [1.82, 2.24) is 0 Å². The zero-order valence-corrected chi connectivity index (χ0v) is 8.22. The summed E-state index contributed by atoms with van der Waals surface area (Å²) in [6.07, 6.45) is 10.2. The van der Waals surface area contributed by atoms with Crippen molar-refractivity contribution in [3.63, 3.8) is 0 Å². The summed E-state index contributed by atoms with van der Waals surface area (Å²) < 4.78 is 5.32. The lowest BCUT2D eigenvalue weighted by Gasteiger charge is -2.25. The van der Waals surface area contributed by atoms with Crippen LogP contribution in [0.5, 0.6) is 0 Å². The standard InChI is InChI=1S/C12H14O2/c1-7(13)14-11-5-4-10-8-2-3-9(6-8)12(10)11/h2-5,8-12H,6H2,1H3. The minimum absolute atomic E-state index is 0.0393. The van der Waals surface area contributed by atoms with E-state index in [1.165, 1.54) is 13.3 Å². The quantitative estimate of drug-likeness (QED) is 0.466. The number of esters is 1. The van der Waals surface area contributed by atoms with E-state index in [1.807, 2.05) is 0 Å². The van der Waals surface area contributed by atoms with Crippen molar-refractivity contribution in [1.29, 1.82) is 0 Å². The highest BCUT2D eigenvalue weighted by molar-refractivity contribution is 5.66. The zero-order valence-electron chi connectivity index (χ0n) is 8.22. The summed E-state index contributed by atoms with van der Waals surface area (Å²) in [4.78, 5) is 10.9. The lowest BCUT2D eigenvalue weighted by molar-refractivity contribution is -0.146. The van der Waals surface area contributed by atoms with E-state index in [-0.39, 0.29) is 12.1 Å². The normalized spacial score (nSPS) is 47.1. The molecule has 74 valence electrons. The molecule has 3 aliphatic rings. The summed E-state index contributed by atoms with van der Waals surface area (Å²) >= 11 is 0. The number of hydrogen-bond donors (Lipinski definition) is 0. The molecule has 0 amide bonds. The molecule has 5 unspecified atom stereocenters. The Morgan fingerprint density at radius 3 is 2.79 bits per heavy atom. The van der Waals surface area contributed by atoms with Crippen LogP contribution in [0.1, 0.15) is 13.3 Å². The van der Waals surface area contributed by atoms with Crippen LogP contribution < -0.4 is 0 Å². The smallest absolute Gasteiger partial charge is 0.303 e. The van der Waals surface area contributed by atoms with Crippen LogP contribution in [-0.4, -0.2) is 12.1 Å². The maximum absolute atomic E-state index is 10.9. The first-order chi connectivity index (χ1) is 6.75. The minimum atomic E-state index is -0.160. The molecule has 0 aromatic carbocycles. The van der Waals surface area contributed by atoms with Gasteiger partial charge >= 0.3 is 5.97 Å². The Labute approximate surface area is 83.6 Å². The van der Waals surface area contributed by atoms with Crippen LogP contribution in [0.25, 0.3) is 0 Å². The van der Waals surface area contributed by atoms with Crippen LogP contribution in [0.3, 0.4) is 0 Å². The molecule has 3 aliphatic carbocycles. The molecule has 2 heteroatoms. The molecule has 0 radical (unpaired) electrons. The summed E-state index contributed by atoms with van der Waals surface area (Å²) in [5, 5.41) is 0. The lowest BCUT2D eigenvalue weighted by Crippen LogP contribution is -2.27. The fourth-order valence-corrected chi connectivity index (χ4v) is 3.31. The van der Waals surface area contributed by atoms with Crippen LogP contribution in [0.4, 0.5) is 0 Å². The number of carbonyl (C=O) groups is 1. The highest BCUT2D eigenvalue weighted by Gasteiger charge is 2.49. The Hall–Kier alpha value is -1.05. The van der Waals surface area contributed by atoms with Gasteiger partial charge in [0.2, 0.25) is 0 Å². The first-order valence-electron chi connectivity index (χ1n) is 5.29. The summed E-state index contributed by atoms with van der Waals surface area (Å²) in [6, 6.07) is 0. The predicted octanol–water partition coefficient (Wildman–Crippen LogP) is 1.93. The zero-order chi connectivity index (χ0) is 9.71. The van der Waals surface area contributed by atoms with Gasteiger partial charge < -0.3 is 4.74 Å². The molecular formula is C12H14O2. The van der Waals surface area contributed by atoms with Gasteiger partial charge in [-0.15, -0.1) is 0 Å². The van der Waals surface area contributed by atoms with E-state index in [1.54, 1.807) is 0 Å². The van der Waals surface area contributed by atoms with E-state index in [0.717, 1.165) is 0 Å². The van der Waals surface area contributed by atoms with E-state index >= 15 is 0 Å². The van der Waals surface area contributed by atoms with Gasteiger partial charge in [0.15, 0.2) is 0 Å². The molecule has 2 bridgehead atoms. The summed E-state index contributed by atoms with van der Waals surface area (Å²) in [6.45, 7) is 1.49. The van der Waals surface area contributed by atoms with Gasteiger partial charge in [-0.3, -0.25) is 4.79 Å². The highest BCUT2D eigenvalue weighted by atomic mass is 16.5. The molecule has 1 saturated carbocycles. The molecule has 3 rings (SSSR count). The first kappa shape index (κ1) is 8.27. The molecule has 5 atom stereocenters. The van der Waals surface area contributed by atoms with Gasteiger partial charge in [0.25, 0.3) is 0 Å². The van der Waals surface area contributed by atoms with Crippen LogP contribution in [0.15, 0.2) is 24.3 Å². The lowest BCUT2D eigenvalue weighted by atomic mass is 9.84. The van der Waals surface area contributed by atoms with Crippen LogP contribution in [-0.2, 0) is 9.53 Å². The van der Waals surface area contributed by atoms with Crippen molar-refractivity contribution in [2.24, 2.45) is 23.7 Å². The largest absolute Gasteiger partial charge is 0.458 e. The van der Waals surface area contributed by atoms with E-state index < -0.39 is 0 Å². The molecule has 2 nitrogen and oxygen atoms in total. The van der Waals surface area contributed by atoms with Crippen molar-refractivity contribution >= 4 is 5.97 Å². The molecule has 1 fully saturated rings. The second-order valence-corrected chi connectivity index (χ2v) is 4.56. The fourth-order valence-electron chi connectivity index (χ4n) is 3.31. The Morgan fingerprint density at radius 1 is 1.21 bits per heavy atom. The third-order valence-corrected chi connectivity index (χ3v) is 3.79. The number of fused-ring (bicyclic) bond motifs is 5. The molecule has 0 spiro atoms. The minimum Gasteiger partial charge on any atom is -0.458 e. The molecule has 0 N–H and O–H groups in total. The summed E-state index contributed by atoms with van der Waals surface area (Å²) in [5.74, 6) is 2.36. The average molecular weight is 190 g/mol. The van der Waals surface area contributed by atoms with E-state index in [9.17, 15) is 4.79 Å². The van der Waals surface area contributed by atoms with Crippen molar-refractivity contribution in [3.8, 4) is 0 Å². The molecule has 0 heterocycles. The highest BCUT2D eigenvalue weighted by Crippen LogP contribution is 2.53. The van der Waals surface area contributed by atoms with E-state index in [4.69, 9.17) is 4.74 Å². The van der Waals surface area contributed by atoms with E-state index in [2.05, 4.69) is 24.3 Å². The molecular weight excluding hydrogens is 176 g/mol. The molecule has 0 saturated heterocycles. The fraction of sp³-hybridized carbons (Fsp3) is 0.583. The Bertz CT molecular complexity index is 329. The number of ether oxygens (including phenoxy) is 1. The summed E-state index contributed by atoms with van der Waals surface area (Å²) in [5.41, 5.74) is 0. The van der Waals surface area contributed by atoms with Crippen molar-refractivity contribution < 1.29 is 9.53 Å². The third kappa shape index (κ3) is 0.999. The van der Waals surface area contributed by atoms with Crippen LogP contribution >= 0.6 is 0 Å². The summed E-state index contributed by atoms with van der Waals surface area (Å²) in [7, 11) is 0. The van der Waals surface area contributed by atoms with Gasteiger partial charge in [-0.25, -0.2) is 0 Å². The SMILES string of the molecule is CC(=O)OC1C=CC2C3C=CC(C3)C12. The maximum atomic E-state index is 10.9. The van der Waals surface area contributed by atoms with Crippen molar-refractivity contribution in [2.75, 3.05) is 0 Å². The maximum Gasteiger partial charge on any atom is 0.303 e. The van der Waals surface area contributed by atoms with Gasteiger partial charge in [-0.2, -0.15) is 0 Å². The Morgan fingerprint density at radius 2 is 2.00 bits per heavy atom. The van der Waals surface area contributed by atoms with Gasteiger partial charge in [-0.1, -0.05) is 18.2 Å². The Balaban J connectivity index is 1.82. The predicted molar refractivity (Wildman–Crippen MR) is 52.4 cm³/mol. The number of hydrogen-bond acceptors (Lipinski definition) is 2. The molecule has 0 aliphatic heterocycles. The topological polar surface area (TPSA) is 26.3 Å². The van der Waals surface area contributed by atoms with Crippen molar-refractivity contribution in [3.05, 3.63) is 24.3 Å². The number of rotatable bonds is 1. The van der Waals surface area contributed by atoms with Crippen molar-refractivity contribution in [2.45, 2.75) is 19.4 Å². The molecule has 14 heavy (non-hydrogen) atoms. The van der Waals surface area contributed by atoms with Crippen LogP contribution in [0, 0.1) is 23.7 Å². The van der Waals surface area contributed by atoms with Gasteiger partial charge in [0.05, 0.1) is 0 Å². The van der Waals surface area contributed by atoms with Gasteiger partial charge in [0.1, 0.15) is 6.10 Å². The average Bonchev–Trinajstić information content (AvgIpc) is 2.74. The van der Waals surface area contributed by atoms with Gasteiger partial charge in [-0.05, 0) is 30.3 Å². The third-order valence-electron chi connectivity index (χ3n) is 3.79. The Kier molecular flexibility index (Phi) is 1.61. The first-order valence-corrected chi connectivity index (χ1v) is 5.29. The monoisotopic (exact) mass is 190 g/mol. The second kappa shape index (κ2) is 2.72. The molecule has 0 aromatic rings. The van der Waals surface area contributed by atoms with E-state index in [0.29, 0.717) is 23.7 Å². The number of allylic oxidation sites excluding steroid dienone is 3. The van der Waals surface area contributed by atoms with Gasteiger partial charge in [0, 0.05) is 12.8 Å². The number of carbonyl (C=O) groups excluding carboxylic acids is 1. The second-order valence-electron chi connectivity index (χ2n) is 4.56. The molecule has 0 aromatic heterocycles. The van der Waals surface area contributed by atoms with Crippen LogP contribution in [0.2, 0.25) is 0 Å².